The van der Waals surface area contributed by atoms with E-state index in [0.717, 1.165) is 0 Å². The molecule has 0 bridgehead atoms. The summed E-state index contributed by atoms with van der Waals surface area (Å²) < 4.78 is 19.3. The number of nitrogens with two attached hydrogens (primary N) is 1. The zero-order valence-electron chi connectivity index (χ0n) is 12.9. The summed E-state index contributed by atoms with van der Waals surface area (Å²) >= 11 is 0. The summed E-state index contributed by atoms with van der Waals surface area (Å²) in [5, 5.41) is 0. The number of nitrogen functional groups attached to an aromatic ring is 1. The number of carbonyl (C=O) groups excluding carboxylic acids is 1. The van der Waals surface area contributed by atoms with Gasteiger partial charge in [-0.15, -0.1) is 0 Å². The van der Waals surface area contributed by atoms with Gasteiger partial charge in [0.2, 0.25) is 0 Å². The predicted octanol–water partition coefficient (Wildman–Crippen LogP) is 2.97. The largest absolute Gasteiger partial charge is 0.460 e. The van der Waals surface area contributed by atoms with E-state index in [-0.39, 0.29) is 17.7 Å². The van der Waals surface area contributed by atoms with E-state index in [1.165, 1.54) is 6.07 Å². The van der Waals surface area contributed by atoms with Crippen molar-refractivity contribution in [2.45, 2.75) is 39.2 Å². The van der Waals surface area contributed by atoms with Crippen molar-refractivity contribution < 1.29 is 13.9 Å². The Bertz CT molecular complexity index is 497. The fraction of sp³-hybridized carbons (Fsp3) is 0.562. The van der Waals surface area contributed by atoms with Gasteiger partial charge in [-0.3, -0.25) is 4.79 Å². The van der Waals surface area contributed by atoms with Crippen molar-refractivity contribution in [3.05, 3.63) is 24.0 Å². The van der Waals surface area contributed by atoms with Crippen LogP contribution in [0.5, 0.6) is 0 Å². The first-order valence-electron chi connectivity index (χ1n) is 7.30. The molecule has 0 atom stereocenters. The van der Waals surface area contributed by atoms with Crippen LogP contribution in [-0.2, 0) is 9.53 Å². The van der Waals surface area contributed by atoms with Crippen LogP contribution < -0.4 is 10.6 Å². The molecule has 1 fully saturated rings. The number of piperidine rings is 1. The molecule has 4 nitrogen and oxygen atoms in total. The molecule has 116 valence electrons. The van der Waals surface area contributed by atoms with E-state index in [0.29, 0.717) is 37.3 Å². The Morgan fingerprint density at radius 3 is 2.48 bits per heavy atom. The number of esters is 1. The van der Waals surface area contributed by atoms with E-state index in [1.807, 2.05) is 25.7 Å². The highest BCUT2D eigenvalue weighted by Gasteiger charge is 2.30. The van der Waals surface area contributed by atoms with E-state index < -0.39 is 5.60 Å². The maximum atomic E-state index is 13.9. The van der Waals surface area contributed by atoms with Gasteiger partial charge >= 0.3 is 5.97 Å². The van der Waals surface area contributed by atoms with Crippen molar-refractivity contribution in [2.24, 2.45) is 5.92 Å². The minimum absolute atomic E-state index is 0.117. The van der Waals surface area contributed by atoms with Crippen LogP contribution in [0.25, 0.3) is 0 Å². The minimum Gasteiger partial charge on any atom is -0.460 e. The third kappa shape index (κ3) is 3.86. The maximum absolute atomic E-state index is 13.9. The van der Waals surface area contributed by atoms with Crippen LogP contribution >= 0.6 is 0 Å². The first-order valence-corrected chi connectivity index (χ1v) is 7.30. The Labute approximate surface area is 125 Å². The number of rotatable bonds is 2. The number of nitrogens with zero attached hydrogens (tertiary/aromatic N) is 1. The van der Waals surface area contributed by atoms with E-state index in [1.54, 1.807) is 12.1 Å². The van der Waals surface area contributed by atoms with Crippen LogP contribution in [0.2, 0.25) is 0 Å². The Morgan fingerprint density at radius 1 is 1.33 bits per heavy atom. The van der Waals surface area contributed by atoms with Gasteiger partial charge in [-0.25, -0.2) is 4.39 Å². The molecule has 0 unspecified atom stereocenters. The fourth-order valence-corrected chi connectivity index (χ4v) is 2.59. The van der Waals surface area contributed by atoms with Crippen molar-refractivity contribution in [3.8, 4) is 0 Å². The van der Waals surface area contributed by atoms with Gasteiger partial charge in [0.25, 0.3) is 0 Å². The van der Waals surface area contributed by atoms with Crippen molar-refractivity contribution in [2.75, 3.05) is 23.7 Å². The van der Waals surface area contributed by atoms with Crippen LogP contribution in [0.15, 0.2) is 18.2 Å². The van der Waals surface area contributed by atoms with Crippen molar-refractivity contribution in [1.29, 1.82) is 0 Å². The molecule has 0 amide bonds. The third-order valence-electron chi connectivity index (χ3n) is 3.57. The Hall–Kier alpha value is -1.78. The lowest BCUT2D eigenvalue weighted by molar-refractivity contribution is -0.160. The van der Waals surface area contributed by atoms with Crippen LogP contribution in [-0.4, -0.2) is 24.7 Å². The van der Waals surface area contributed by atoms with Gasteiger partial charge in [-0.2, -0.15) is 0 Å². The summed E-state index contributed by atoms with van der Waals surface area (Å²) in [5.74, 6) is -0.595. The van der Waals surface area contributed by atoms with E-state index >= 15 is 0 Å². The number of benzene rings is 1. The molecule has 0 radical (unpaired) electrons. The highest BCUT2D eigenvalue weighted by atomic mass is 19.1. The molecule has 1 aliphatic rings. The van der Waals surface area contributed by atoms with Crippen molar-refractivity contribution in [1.82, 2.24) is 0 Å². The quantitative estimate of drug-likeness (QED) is 0.673. The second-order valence-corrected chi connectivity index (χ2v) is 6.47. The summed E-state index contributed by atoms with van der Waals surface area (Å²) in [7, 11) is 0. The average molecular weight is 294 g/mol. The number of para-hydroxylation sites is 1. The van der Waals surface area contributed by atoms with Crippen molar-refractivity contribution in [3.63, 3.8) is 0 Å². The highest BCUT2D eigenvalue weighted by Crippen LogP contribution is 2.31. The second kappa shape index (κ2) is 5.92. The molecule has 2 rings (SSSR count). The van der Waals surface area contributed by atoms with Crippen LogP contribution in [0.4, 0.5) is 15.8 Å². The number of halogens is 1. The molecule has 1 saturated heterocycles. The van der Waals surface area contributed by atoms with E-state index in [2.05, 4.69) is 0 Å². The predicted molar refractivity (Wildman–Crippen MR) is 81.6 cm³/mol. The smallest absolute Gasteiger partial charge is 0.309 e. The first kappa shape index (κ1) is 15.6. The van der Waals surface area contributed by atoms with Gasteiger partial charge in [-0.05, 0) is 45.7 Å². The van der Waals surface area contributed by atoms with Crippen LogP contribution in [0.3, 0.4) is 0 Å². The number of hydrogen-bond donors (Lipinski definition) is 1. The van der Waals surface area contributed by atoms with Crippen LogP contribution in [0, 0.1) is 11.7 Å². The number of anilines is 2. The lowest BCUT2D eigenvalue weighted by Crippen LogP contribution is -2.39. The summed E-state index contributed by atoms with van der Waals surface area (Å²) in [6.07, 6.45) is 1.31. The number of ether oxygens (including phenoxy) is 1. The Balaban J connectivity index is 1.99. The Kier molecular flexibility index (Phi) is 4.40. The van der Waals surface area contributed by atoms with Gasteiger partial charge in [0.05, 0.1) is 17.3 Å². The fourth-order valence-electron chi connectivity index (χ4n) is 2.59. The topological polar surface area (TPSA) is 55.6 Å². The SMILES string of the molecule is CC(C)(C)OC(=O)C1CCN(c2c(N)cccc2F)CC1. The third-order valence-corrected chi connectivity index (χ3v) is 3.57. The molecule has 0 aliphatic carbocycles. The normalized spacial score (nSPS) is 16.9. The zero-order valence-corrected chi connectivity index (χ0v) is 12.9. The summed E-state index contributed by atoms with van der Waals surface area (Å²) in [4.78, 5) is 14.0. The monoisotopic (exact) mass is 294 g/mol. The van der Waals surface area contributed by atoms with Gasteiger partial charge in [0.15, 0.2) is 0 Å². The second-order valence-electron chi connectivity index (χ2n) is 6.47. The minimum atomic E-state index is -0.468. The summed E-state index contributed by atoms with van der Waals surface area (Å²) in [6.45, 7) is 6.80. The maximum Gasteiger partial charge on any atom is 0.309 e. The molecule has 1 aromatic carbocycles. The zero-order chi connectivity index (χ0) is 15.6. The standard InChI is InChI=1S/C16H23FN2O2/c1-16(2,3)21-15(20)11-7-9-19(10-8-11)14-12(17)5-4-6-13(14)18/h4-6,11H,7-10,18H2,1-3H3. The van der Waals surface area contributed by atoms with Gasteiger partial charge in [-0.1, -0.05) is 6.07 Å². The molecule has 1 aromatic rings. The van der Waals surface area contributed by atoms with Crippen molar-refractivity contribution >= 4 is 17.3 Å². The molecule has 1 heterocycles. The molecule has 1 aliphatic heterocycles. The van der Waals surface area contributed by atoms with Gasteiger partial charge in [0.1, 0.15) is 11.4 Å². The molecule has 0 aromatic heterocycles. The molecule has 21 heavy (non-hydrogen) atoms. The van der Waals surface area contributed by atoms with Gasteiger partial charge in [0, 0.05) is 13.1 Å². The summed E-state index contributed by atoms with van der Waals surface area (Å²) in [5.41, 5.74) is 6.27. The lowest BCUT2D eigenvalue weighted by atomic mass is 9.96. The van der Waals surface area contributed by atoms with Gasteiger partial charge < -0.3 is 15.4 Å². The molecule has 0 spiro atoms. The van der Waals surface area contributed by atoms with E-state index in [4.69, 9.17) is 10.5 Å². The molecular formula is C16H23FN2O2. The molecular weight excluding hydrogens is 271 g/mol. The first-order chi connectivity index (χ1) is 9.78. The molecule has 2 N–H and O–H groups in total. The summed E-state index contributed by atoms with van der Waals surface area (Å²) in [6, 6.07) is 4.70. The number of carbonyl (C=O) groups is 1. The highest BCUT2D eigenvalue weighted by molar-refractivity contribution is 5.74. The molecule has 5 heteroatoms. The number of hydrogen-bond acceptors (Lipinski definition) is 4. The molecule has 0 saturated carbocycles. The lowest BCUT2D eigenvalue weighted by Gasteiger charge is -2.34. The average Bonchev–Trinajstić information content (AvgIpc) is 2.37. The van der Waals surface area contributed by atoms with Crippen LogP contribution in [0.1, 0.15) is 33.6 Å². The Morgan fingerprint density at radius 2 is 1.95 bits per heavy atom. The van der Waals surface area contributed by atoms with E-state index in [9.17, 15) is 9.18 Å².